The molecule has 0 aliphatic carbocycles. The number of halogens is 1. The second-order valence-electron chi connectivity index (χ2n) is 10.9. The Kier molecular flexibility index (Phi) is 7.25. The van der Waals surface area contributed by atoms with Crippen LogP contribution in [0.5, 0.6) is 0 Å². The van der Waals surface area contributed by atoms with E-state index in [1.54, 1.807) is 6.07 Å². The van der Waals surface area contributed by atoms with E-state index in [9.17, 15) is 4.79 Å². The van der Waals surface area contributed by atoms with E-state index in [-0.39, 0.29) is 17.3 Å². The van der Waals surface area contributed by atoms with Crippen molar-refractivity contribution in [3.63, 3.8) is 0 Å². The molecule has 1 atom stereocenters. The number of rotatable bonds is 6. The molecule has 1 saturated heterocycles. The van der Waals surface area contributed by atoms with E-state index in [2.05, 4.69) is 32.6 Å². The topological polar surface area (TPSA) is 38.1 Å². The average Bonchev–Trinajstić information content (AvgIpc) is 2.90. The number of likely N-dealkylation sites (tertiary alicyclic amines) is 1. The molecule has 1 aliphatic heterocycles. The molecular weight excluding hydrogens is 461 g/mol. The normalized spacial score (nSPS) is 16.7. The first-order valence-corrected chi connectivity index (χ1v) is 13.5. The first-order valence-electron chi connectivity index (χ1n) is 13.5. The minimum Gasteiger partial charge on any atom is -0.301 e. The van der Waals surface area contributed by atoms with Crippen molar-refractivity contribution in [3.05, 3.63) is 88.7 Å². The van der Waals surface area contributed by atoms with Gasteiger partial charge in [-0.05, 0) is 74.0 Å². The zero-order chi connectivity index (χ0) is 26.1. The van der Waals surface area contributed by atoms with Crippen LogP contribution < -0.4 is 5.56 Å². The molecule has 4 nitrogen and oxygen atoms in total. The quantitative estimate of drug-likeness (QED) is 0.285. The summed E-state index contributed by atoms with van der Waals surface area (Å²) in [7, 11) is 0. The van der Waals surface area contributed by atoms with Gasteiger partial charge in [-0.3, -0.25) is 9.36 Å². The van der Waals surface area contributed by atoms with Gasteiger partial charge in [0.2, 0.25) is 0 Å². The van der Waals surface area contributed by atoms with Crippen LogP contribution in [0.25, 0.3) is 33.2 Å². The predicted molar refractivity (Wildman–Crippen MR) is 150 cm³/mol. The van der Waals surface area contributed by atoms with Gasteiger partial charge in [-0.1, -0.05) is 62.4 Å². The Balaban J connectivity index is 1.53. The van der Waals surface area contributed by atoms with E-state index >= 15 is 4.39 Å². The van der Waals surface area contributed by atoms with Crippen LogP contribution in [0.3, 0.4) is 0 Å². The van der Waals surface area contributed by atoms with E-state index in [1.165, 1.54) is 0 Å². The van der Waals surface area contributed by atoms with Gasteiger partial charge in [0.15, 0.2) is 0 Å². The first-order chi connectivity index (χ1) is 17.8. The van der Waals surface area contributed by atoms with Crippen LogP contribution in [0, 0.1) is 11.7 Å². The van der Waals surface area contributed by atoms with Gasteiger partial charge in [-0.25, -0.2) is 9.37 Å². The van der Waals surface area contributed by atoms with Crippen LogP contribution in [0.4, 0.5) is 4.39 Å². The summed E-state index contributed by atoms with van der Waals surface area (Å²) in [6.07, 6.45) is 2.28. The lowest BCUT2D eigenvalue weighted by Gasteiger charge is -2.36. The molecule has 1 aromatic heterocycles. The summed E-state index contributed by atoms with van der Waals surface area (Å²) in [6.45, 7) is 11.5. The van der Waals surface area contributed by atoms with Gasteiger partial charge in [0, 0.05) is 30.6 Å². The number of nitrogens with zero attached hydrogens (tertiary/aromatic N) is 3. The highest BCUT2D eigenvalue weighted by atomic mass is 19.1. The van der Waals surface area contributed by atoms with E-state index in [1.807, 2.05) is 65.2 Å². The van der Waals surface area contributed by atoms with Crippen molar-refractivity contribution in [2.45, 2.75) is 59.0 Å². The molecule has 2 heterocycles. The Morgan fingerprint density at radius 1 is 0.946 bits per heavy atom. The molecule has 5 heteroatoms. The summed E-state index contributed by atoms with van der Waals surface area (Å²) in [6, 6.07) is 21.0. The van der Waals surface area contributed by atoms with Crippen molar-refractivity contribution in [3.8, 4) is 22.3 Å². The summed E-state index contributed by atoms with van der Waals surface area (Å²) in [4.78, 5) is 21.3. The first kappa shape index (κ1) is 25.3. The maximum Gasteiger partial charge on any atom is 0.261 e. The number of aromatic nitrogens is 2. The maximum atomic E-state index is 15.1. The van der Waals surface area contributed by atoms with E-state index < -0.39 is 0 Å². The van der Waals surface area contributed by atoms with Crippen molar-refractivity contribution in [2.75, 3.05) is 13.1 Å². The summed E-state index contributed by atoms with van der Waals surface area (Å²) >= 11 is 0. The third-order valence-corrected chi connectivity index (χ3v) is 7.61. The van der Waals surface area contributed by atoms with Crippen LogP contribution in [0.15, 0.2) is 71.5 Å². The molecule has 0 saturated carbocycles. The SMILES string of the molecule is CC(C)c1nc2ccc(-c3ccc(-c4ccccc4)c(F)c3)cc2c(=O)n1C[C@H]1CCCN(C(C)C)C1. The van der Waals surface area contributed by atoms with Gasteiger partial charge in [0.05, 0.1) is 10.9 Å². The van der Waals surface area contributed by atoms with Gasteiger partial charge in [0.25, 0.3) is 5.56 Å². The number of hydrogen-bond donors (Lipinski definition) is 0. The van der Waals surface area contributed by atoms with Crippen LogP contribution in [-0.4, -0.2) is 33.6 Å². The summed E-state index contributed by atoms with van der Waals surface area (Å²) in [5.41, 5.74) is 3.67. The molecule has 0 N–H and O–H groups in total. The average molecular weight is 498 g/mol. The van der Waals surface area contributed by atoms with Crippen molar-refractivity contribution in [1.82, 2.24) is 14.5 Å². The zero-order valence-corrected chi connectivity index (χ0v) is 22.2. The van der Waals surface area contributed by atoms with E-state index in [0.29, 0.717) is 35.0 Å². The molecule has 0 radical (unpaired) electrons. The lowest BCUT2D eigenvalue weighted by molar-refractivity contribution is 0.129. The number of fused-ring (bicyclic) bond motifs is 1. The van der Waals surface area contributed by atoms with Crippen molar-refractivity contribution in [1.29, 1.82) is 0 Å². The summed E-state index contributed by atoms with van der Waals surface area (Å²) < 4.78 is 17.0. The molecular formula is C32H36FN3O. The molecule has 0 bridgehead atoms. The Hall–Kier alpha value is -3.31. The number of benzene rings is 3. The Labute approximate surface area is 218 Å². The minimum atomic E-state index is -0.276. The lowest BCUT2D eigenvalue weighted by Crippen LogP contribution is -2.42. The van der Waals surface area contributed by atoms with Crippen molar-refractivity contribution < 1.29 is 4.39 Å². The van der Waals surface area contributed by atoms with Gasteiger partial charge < -0.3 is 4.90 Å². The molecule has 37 heavy (non-hydrogen) atoms. The second kappa shape index (κ2) is 10.6. The summed E-state index contributed by atoms with van der Waals surface area (Å²) in [5, 5.41) is 0.589. The molecule has 3 aromatic carbocycles. The molecule has 4 aromatic rings. The molecule has 1 fully saturated rings. The third-order valence-electron chi connectivity index (χ3n) is 7.61. The van der Waals surface area contributed by atoms with Gasteiger partial charge >= 0.3 is 0 Å². The molecule has 5 rings (SSSR count). The van der Waals surface area contributed by atoms with Crippen LogP contribution >= 0.6 is 0 Å². The number of hydrogen-bond acceptors (Lipinski definition) is 3. The molecule has 0 unspecified atom stereocenters. The fourth-order valence-corrected chi connectivity index (χ4v) is 5.55. The zero-order valence-electron chi connectivity index (χ0n) is 22.2. The fourth-order valence-electron chi connectivity index (χ4n) is 5.55. The highest BCUT2D eigenvalue weighted by Gasteiger charge is 2.24. The lowest BCUT2D eigenvalue weighted by atomic mass is 9.96. The molecule has 0 amide bonds. The standard InChI is InChI=1S/C32H36FN3O/c1-21(2)31-34-30-15-13-25(26-12-14-27(29(33)18-26)24-10-6-5-7-11-24)17-28(30)32(37)36(31)20-23-9-8-16-35(19-23)22(3)4/h5-7,10-15,17-18,21-23H,8-9,16,19-20H2,1-4H3/t23-/m0/s1. The fraction of sp³-hybridized carbons (Fsp3) is 0.375. The van der Waals surface area contributed by atoms with Crippen molar-refractivity contribution >= 4 is 10.9 Å². The van der Waals surface area contributed by atoms with Gasteiger partial charge in [-0.2, -0.15) is 0 Å². The molecule has 192 valence electrons. The van der Waals surface area contributed by atoms with Gasteiger partial charge in [0.1, 0.15) is 11.6 Å². The second-order valence-corrected chi connectivity index (χ2v) is 10.9. The van der Waals surface area contributed by atoms with E-state index in [0.717, 1.165) is 48.4 Å². The third kappa shape index (κ3) is 5.24. The van der Waals surface area contributed by atoms with Crippen molar-refractivity contribution in [2.24, 2.45) is 5.92 Å². The van der Waals surface area contributed by atoms with Gasteiger partial charge in [-0.15, -0.1) is 0 Å². The monoisotopic (exact) mass is 497 g/mol. The number of piperidine rings is 1. The maximum absolute atomic E-state index is 15.1. The smallest absolute Gasteiger partial charge is 0.261 e. The highest BCUT2D eigenvalue weighted by Crippen LogP contribution is 2.30. The Bertz CT molecular complexity index is 1460. The van der Waals surface area contributed by atoms with Crippen LogP contribution in [-0.2, 0) is 6.54 Å². The van der Waals surface area contributed by atoms with E-state index in [4.69, 9.17) is 4.98 Å². The minimum absolute atomic E-state index is 0.00130. The Morgan fingerprint density at radius 3 is 2.38 bits per heavy atom. The predicted octanol–water partition coefficient (Wildman–Crippen LogP) is 7.11. The Morgan fingerprint density at radius 2 is 1.68 bits per heavy atom. The summed E-state index contributed by atoms with van der Waals surface area (Å²) in [5.74, 6) is 1.13. The molecule has 1 aliphatic rings. The van der Waals surface area contributed by atoms with Crippen LogP contribution in [0.1, 0.15) is 52.3 Å². The molecule has 0 spiro atoms. The largest absolute Gasteiger partial charge is 0.301 e. The van der Waals surface area contributed by atoms with Crippen LogP contribution in [0.2, 0.25) is 0 Å². The highest BCUT2D eigenvalue weighted by molar-refractivity contribution is 5.84.